The molecule has 1 aromatic carbocycles. The Balaban J connectivity index is 1.92. The molecule has 1 aliphatic carbocycles. The molecule has 2 N–H and O–H groups in total. The number of carboxylic acid groups (broad SMARTS) is 1. The molecule has 0 bridgehead atoms. The van der Waals surface area contributed by atoms with Gasteiger partial charge in [0.2, 0.25) is 5.91 Å². The zero-order valence-electron chi connectivity index (χ0n) is 15.9. The number of amides is 1. The molecule has 0 spiro atoms. The third kappa shape index (κ3) is 4.79. The molecule has 1 aromatic heterocycles. The monoisotopic (exact) mass is 435 g/mol. The standard InChI is InChI=1S/C21H22ClNO5S/c1-2-28-21(27)17-16(12-7-9-13(22)10-8-12)11-29-19(17)23-18(24)14-5-3-4-6-15(14)20(25)26/h7-11,14-15H,2-6H2,1H3,(H,23,24)(H,25,26). The number of benzene rings is 1. The van der Waals surface area contributed by atoms with E-state index in [-0.39, 0.29) is 18.1 Å². The van der Waals surface area contributed by atoms with Gasteiger partial charge in [-0.2, -0.15) is 0 Å². The van der Waals surface area contributed by atoms with Crippen LogP contribution in [0, 0.1) is 11.8 Å². The number of anilines is 1. The molecule has 154 valence electrons. The van der Waals surface area contributed by atoms with Gasteiger partial charge in [0, 0.05) is 16.0 Å². The molecule has 8 heteroatoms. The fraction of sp³-hybridized carbons (Fsp3) is 0.381. The number of esters is 1. The first-order chi connectivity index (χ1) is 13.9. The number of carboxylic acids is 1. The molecule has 6 nitrogen and oxygen atoms in total. The van der Waals surface area contributed by atoms with Crippen LogP contribution >= 0.6 is 22.9 Å². The summed E-state index contributed by atoms with van der Waals surface area (Å²) in [7, 11) is 0. The van der Waals surface area contributed by atoms with Crippen molar-refractivity contribution >= 4 is 45.8 Å². The normalized spacial score (nSPS) is 18.8. The third-order valence-corrected chi connectivity index (χ3v) is 6.23. The summed E-state index contributed by atoms with van der Waals surface area (Å²) < 4.78 is 5.20. The predicted octanol–water partition coefficient (Wildman–Crippen LogP) is 5.07. The van der Waals surface area contributed by atoms with E-state index >= 15 is 0 Å². The average molecular weight is 436 g/mol. The molecule has 1 amide bonds. The van der Waals surface area contributed by atoms with E-state index in [1.807, 2.05) is 0 Å². The van der Waals surface area contributed by atoms with Gasteiger partial charge in [0.05, 0.1) is 18.4 Å². The second-order valence-electron chi connectivity index (χ2n) is 6.91. The van der Waals surface area contributed by atoms with E-state index in [1.165, 1.54) is 11.3 Å². The Bertz CT molecular complexity index is 908. The van der Waals surface area contributed by atoms with Crippen LogP contribution in [0.3, 0.4) is 0 Å². The van der Waals surface area contributed by atoms with Crippen LogP contribution in [0.2, 0.25) is 5.02 Å². The topological polar surface area (TPSA) is 92.7 Å². The van der Waals surface area contributed by atoms with Crippen LogP contribution in [0.25, 0.3) is 11.1 Å². The smallest absolute Gasteiger partial charge is 0.341 e. The highest BCUT2D eigenvalue weighted by Gasteiger charge is 2.36. The molecule has 0 radical (unpaired) electrons. The maximum absolute atomic E-state index is 12.9. The SMILES string of the molecule is CCOC(=O)c1c(-c2ccc(Cl)cc2)csc1NC(=O)C1CCCCC1C(=O)O. The summed E-state index contributed by atoms with van der Waals surface area (Å²) in [6.07, 6.45) is 2.62. The minimum absolute atomic E-state index is 0.200. The van der Waals surface area contributed by atoms with Gasteiger partial charge in [-0.25, -0.2) is 4.79 Å². The molecule has 29 heavy (non-hydrogen) atoms. The summed E-state index contributed by atoms with van der Waals surface area (Å²) in [6.45, 7) is 1.91. The lowest BCUT2D eigenvalue weighted by atomic mass is 9.79. The van der Waals surface area contributed by atoms with Crippen LogP contribution < -0.4 is 5.32 Å². The minimum atomic E-state index is -0.955. The van der Waals surface area contributed by atoms with Gasteiger partial charge < -0.3 is 15.2 Å². The second kappa shape index (κ2) is 9.41. The van der Waals surface area contributed by atoms with Crippen molar-refractivity contribution in [1.29, 1.82) is 0 Å². The molecule has 0 aliphatic heterocycles. The summed E-state index contributed by atoms with van der Waals surface area (Å²) in [5.74, 6) is -3.18. The van der Waals surface area contributed by atoms with Crippen molar-refractivity contribution < 1.29 is 24.2 Å². The zero-order valence-corrected chi connectivity index (χ0v) is 17.5. The zero-order chi connectivity index (χ0) is 21.0. The van der Waals surface area contributed by atoms with Crippen LogP contribution in [-0.4, -0.2) is 29.6 Å². The van der Waals surface area contributed by atoms with E-state index in [1.54, 1.807) is 36.6 Å². The van der Waals surface area contributed by atoms with E-state index in [0.29, 0.717) is 28.4 Å². The van der Waals surface area contributed by atoms with Crippen molar-refractivity contribution in [3.8, 4) is 11.1 Å². The number of halogens is 1. The Morgan fingerprint density at radius 1 is 1.17 bits per heavy atom. The maximum Gasteiger partial charge on any atom is 0.341 e. The lowest BCUT2D eigenvalue weighted by Crippen LogP contribution is -2.36. The van der Waals surface area contributed by atoms with Crippen LogP contribution in [0.4, 0.5) is 5.00 Å². The lowest BCUT2D eigenvalue weighted by Gasteiger charge is -2.27. The predicted molar refractivity (Wildman–Crippen MR) is 112 cm³/mol. The number of nitrogens with one attached hydrogen (secondary N) is 1. The van der Waals surface area contributed by atoms with Gasteiger partial charge in [-0.15, -0.1) is 11.3 Å². The molecule has 2 atom stereocenters. The molecule has 1 aliphatic rings. The Labute approximate surface area is 177 Å². The number of hydrogen-bond donors (Lipinski definition) is 2. The van der Waals surface area contributed by atoms with Crippen molar-refractivity contribution in [1.82, 2.24) is 0 Å². The lowest BCUT2D eigenvalue weighted by molar-refractivity contribution is -0.147. The molecular weight excluding hydrogens is 414 g/mol. The number of aliphatic carboxylic acids is 1. The van der Waals surface area contributed by atoms with E-state index in [9.17, 15) is 19.5 Å². The molecule has 2 unspecified atom stereocenters. The van der Waals surface area contributed by atoms with E-state index in [2.05, 4.69) is 5.32 Å². The van der Waals surface area contributed by atoms with Gasteiger partial charge in [-0.3, -0.25) is 9.59 Å². The van der Waals surface area contributed by atoms with Crippen LogP contribution in [0.1, 0.15) is 43.0 Å². The molecule has 1 fully saturated rings. The molecular formula is C21H22ClNO5S. The fourth-order valence-corrected chi connectivity index (χ4v) is 4.73. The number of thiophene rings is 1. The highest BCUT2D eigenvalue weighted by atomic mass is 35.5. The molecule has 1 saturated carbocycles. The number of carbonyl (C=O) groups excluding carboxylic acids is 2. The summed E-state index contributed by atoms with van der Waals surface area (Å²) >= 11 is 7.17. The van der Waals surface area contributed by atoms with Crippen molar-refractivity contribution in [3.05, 3.63) is 40.2 Å². The van der Waals surface area contributed by atoms with Crippen LogP contribution in [0.5, 0.6) is 0 Å². The van der Waals surface area contributed by atoms with Gasteiger partial charge in [-0.05, 0) is 37.5 Å². The Kier molecular flexibility index (Phi) is 6.92. The first-order valence-corrected chi connectivity index (χ1v) is 10.8. The van der Waals surface area contributed by atoms with Crippen molar-refractivity contribution in [2.45, 2.75) is 32.6 Å². The Hall–Kier alpha value is -2.38. The number of ether oxygens (including phenoxy) is 1. The fourth-order valence-electron chi connectivity index (χ4n) is 3.64. The first-order valence-electron chi connectivity index (χ1n) is 9.50. The molecule has 3 rings (SSSR count). The van der Waals surface area contributed by atoms with E-state index in [4.69, 9.17) is 16.3 Å². The summed E-state index contributed by atoms with van der Waals surface area (Å²) in [6, 6.07) is 7.03. The number of hydrogen-bond acceptors (Lipinski definition) is 5. The van der Waals surface area contributed by atoms with Gasteiger partial charge >= 0.3 is 11.9 Å². The summed E-state index contributed by atoms with van der Waals surface area (Å²) in [5, 5.41) is 15.0. The summed E-state index contributed by atoms with van der Waals surface area (Å²) in [5.41, 5.74) is 1.68. The van der Waals surface area contributed by atoms with Gasteiger partial charge in [-0.1, -0.05) is 36.6 Å². The number of carbonyl (C=O) groups is 3. The van der Waals surface area contributed by atoms with Crippen molar-refractivity contribution in [2.24, 2.45) is 11.8 Å². The largest absolute Gasteiger partial charge is 0.481 e. The molecule has 0 saturated heterocycles. The average Bonchev–Trinajstić information content (AvgIpc) is 3.12. The van der Waals surface area contributed by atoms with Gasteiger partial charge in [0.15, 0.2) is 0 Å². The van der Waals surface area contributed by atoms with Gasteiger partial charge in [0.1, 0.15) is 10.6 Å². The third-order valence-electron chi connectivity index (χ3n) is 5.08. The van der Waals surface area contributed by atoms with Crippen LogP contribution in [-0.2, 0) is 14.3 Å². The van der Waals surface area contributed by atoms with E-state index < -0.39 is 23.8 Å². The molecule has 1 heterocycles. The highest BCUT2D eigenvalue weighted by Crippen LogP contribution is 2.38. The Morgan fingerprint density at radius 3 is 2.45 bits per heavy atom. The molecule has 2 aromatic rings. The highest BCUT2D eigenvalue weighted by molar-refractivity contribution is 7.15. The summed E-state index contributed by atoms with van der Waals surface area (Å²) in [4.78, 5) is 37.0. The minimum Gasteiger partial charge on any atom is -0.481 e. The van der Waals surface area contributed by atoms with Gasteiger partial charge in [0.25, 0.3) is 0 Å². The van der Waals surface area contributed by atoms with Crippen molar-refractivity contribution in [2.75, 3.05) is 11.9 Å². The first kappa shape index (κ1) is 21.3. The second-order valence-corrected chi connectivity index (χ2v) is 8.22. The quantitative estimate of drug-likeness (QED) is 0.617. The maximum atomic E-state index is 12.9. The number of rotatable bonds is 6. The van der Waals surface area contributed by atoms with E-state index in [0.717, 1.165) is 18.4 Å². The Morgan fingerprint density at radius 2 is 1.83 bits per heavy atom. The van der Waals surface area contributed by atoms with Crippen molar-refractivity contribution in [3.63, 3.8) is 0 Å². The van der Waals surface area contributed by atoms with Crippen LogP contribution in [0.15, 0.2) is 29.6 Å².